The van der Waals surface area contributed by atoms with Crippen LogP contribution in [-0.4, -0.2) is 12.0 Å². The van der Waals surface area contributed by atoms with E-state index in [9.17, 15) is 0 Å². The molecular formula is C11H14N2S. The summed E-state index contributed by atoms with van der Waals surface area (Å²) in [5.41, 5.74) is 3.76. The molecule has 0 saturated heterocycles. The van der Waals surface area contributed by atoms with Crippen LogP contribution < -0.4 is 5.32 Å². The highest BCUT2D eigenvalue weighted by Crippen LogP contribution is 2.27. The van der Waals surface area contributed by atoms with Gasteiger partial charge in [0.05, 0.1) is 10.2 Å². The number of hydrogen-bond donors (Lipinski definition) is 1. The van der Waals surface area contributed by atoms with Gasteiger partial charge >= 0.3 is 0 Å². The molecule has 1 aromatic heterocycles. The van der Waals surface area contributed by atoms with Crippen molar-refractivity contribution in [1.82, 2.24) is 10.3 Å². The second-order valence-corrected chi connectivity index (χ2v) is 4.60. The molecule has 0 aliphatic carbocycles. The number of aromatic nitrogens is 1. The van der Waals surface area contributed by atoms with Crippen LogP contribution in [0.1, 0.15) is 16.1 Å². The molecule has 1 aromatic carbocycles. The van der Waals surface area contributed by atoms with Crippen molar-refractivity contribution < 1.29 is 0 Å². The van der Waals surface area contributed by atoms with Crippen molar-refractivity contribution in [3.63, 3.8) is 0 Å². The molecule has 74 valence electrons. The minimum absolute atomic E-state index is 0.859. The first kappa shape index (κ1) is 9.62. The lowest BCUT2D eigenvalue weighted by Gasteiger charge is -1.96. The summed E-state index contributed by atoms with van der Waals surface area (Å²) >= 11 is 1.79. The van der Waals surface area contributed by atoms with Crippen molar-refractivity contribution in [2.45, 2.75) is 20.4 Å². The molecule has 14 heavy (non-hydrogen) atoms. The Balaban J connectivity index is 2.63. The monoisotopic (exact) mass is 206 g/mol. The molecule has 0 fully saturated rings. The summed E-state index contributed by atoms with van der Waals surface area (Å²) in [6, 6.07) is 4.31. The first-order valence-electron chi connectivity index (χ1n) is 4.72. The minimum atomic E-state index is 0.859. The van der Waals surface area contributed by atoms with Gasteiger partial charge in [-0.2, -0.15) is 0 Å². The fourth-order valence-corrected chi connectivity index (χ4v) is 2.65. The minimum Gasteiger partial charge on any atom is -0.314 e. The zero-order chi connectivity index (χ0) is 10.1. The van der Waals surface area contributed by atoms with E-state index in [0.29, 0.717) is 0 Å². The average Bonchev–Trinajstić information content (AvgIpc) is 2.57. The third kappa shape index (κ3) is 1.53. The summed E-state index contributed by atoms with van der Waals surface area (Å²) < 4.78 is 1.33. The number of nitrogens with one attached hydrogen (secondary N) is 1. The quantitative estimate of drug-likeness (QED) is 0.817. The van der Waals surface area contributed by atoms with Gasteiger partial charge < -0.3 is 5.32 Å². The Kier molecular flexibility index (Phi) is 2.52. The molecule has 0 aliphatic rings. The van der Waals surface area contributed by atoms with E-state index in [-0.39, 0.29) is 0 Å². The van der Waals surface area contributed by atoms with E-state index < -0.39 is 0 Å². The molecule has 1 N–H and O–H groups in total. The van der Waals surface area contributed by atoms with E-state index in [1.807, 2.05) is 7.05 Å². The number of nitrogens with zero attached hydrogens (tertiary/aromatic N) is 1. The second kappa shape index (κ2) is 3.67. The van der Waals surface area contributed by atoms with Crippen LogP contribution in [0.5, 0.6) is 0 Å². The number of hydrogen-bond acceptors (Lipinski definition) is 3. The average molecular weight is 206 g/mol. The molecule has 3 heteroatoms. The van der Waals surface area contributed by atoms with Crippen LogP contribution in [0.3, 0.4) is 0 Å². The third-order valence-electron chi connectivity index (χ3n) is 2.31. The maximum absolute atomic E-state index is 4.62. The van der Waals surface area contributed by atoms with Gasteiger partial charge in [0.15, 0.2) is 0 Å². The van der Waals surface area contributed by atoms with Crippen molar-refractivity contribution in [3.8, 4) is 0 Å². The number of aryl methyl sites for hydroxylation is 2. The van der Waals surface area contributed by atoms with E-state index >= 15 is 0 Å². The van der Waals surface area contributed by atoms with Crippen LogP contribution in [0.2, 0.25) is 0 Å². The summed E-state index contributed by atoms with van der Waals surface area (Å²) in [7, 11) is 1.95. The van der Waals surface area contributed by atoms with Crippen molar-refractivity contribution in [2.24, 2.45) is 0 Å². The van der Waals surface area contributed by atoms with Crippen LogP contribution in [0.15, 0.2) is 12.1 Å². The lowest BCUT2D eigenvalue weighted by molar-refractivity contribution is 0.812. The number of thiazole rings is 1. The van der Waals surface area contributed by atoms with Crippen molar-refractivity contribution in [3.05, 3.63) is 28.3 Å². The third-order valence-corrected chi connectivity index (χ3v) is 3.51. The van der Waals surface area contributed by atoms with Crippen LogP contribution in [0, 0.1) is 13.8 Å². The first-order chi connectivity index (χ1) is 6.72. The van der Waals surface area contributed by atoms with Gasteiger partial charge in [-0.05, 0) is 32.0 Å². The normalized spacial score (nSPS) is 11.1. The molecule has 2 nitrogen and oxygen atoms in total. The van der Waals surface area contributed by atoms with Crippen LogP contribution in [0.25, 0.3) is 10.2 Å². The summed E-state index contributed by atoms with van der Waals surface area (Å²) in [5, 5.41) is 4.30. The highest BCUT2D eigenvalue weighted by molar-refractivity contribution is 7.18. The van der Waals surface area contributed by atoms with Crippen molar-refractivity contribution in [1.29, 1.82) is 0 Å². The molecule has 0 radical (unpaired) electrons. The molecule has 0 atom stereocenters. The van der Waals surface area contributed by atoms with E-state index in [2.05, 4.69) is 36.3 Å². The van der Waals surface area contributed by atoms with Crippen molar-refractivity contribution in [2.75, 3.05) is 7.05 Å². The largest absolute Gasteiger partial charge is 0.314 e. The molecule has 0 bridgehead atoms. The predicted octanol–water partition coefficient (Wildman–Crippen LogP) is 2.63. The van der Waals surface area contributed by atoms with Crippen LogP contribution >= 0.6 is 11.3 Å². The topological polar surface area (TPSA) is 24.9 Å². The molecule has 2 aromatic rings. The summed E-state index contributed by atoms with van der Waals surface area (Å²) in [6.07, 6.45) is 0. The summed E-state index contributed by atoms with van der Waals surface area (Å²) in [5.74, 6) is 0. The molecular weight excluding hydrogens is 192 g/mol. The van der Waals surface area contributed by atoms with Gasteiger partial charge in [-0.1, -0.05) is 12.1 Å². The molecule has 0 unspecified atom stereocenters. The van der Waals surface area contributed by atoms with Gasteiger partial charge in [0.25, 0.3) is 0 Å². The second-order valence-electron chi connectivity index (χ2n) is 3.52. The predicted molar refractivity (Wildman–Crippen MR) is 61.9 cm³/mol. The van der Waals surface area contributed by atoms with Gasteiger partial charge in [-0.25, -0.2) is 4.98 Å². The Morgan fingerprint density at radius 3 is 2.64 bits per heavy atom. The molecule has 0 aliphatic heterocycles. The highest BCUT2D eigenvalue weighted by atomic mass is 32.1. The summed E-state index contributed by atoms with van der Waals surface area (Å²) in [6.45, 7) is 5.12. The molecule has 0 spiro atoms. The van der Waals surface area contributed by atoms with Gasteiger partial charge in [0, 0.05) is 6.54 Å². The van der Waals surface area contributed by atoms with Gasteiger partial charge in [-0.15, -0.1) is 11.3 Å². The summed E-state index contributed by atoms with van der Waals surface area (Å²) in [4.78, 5) is 4.62. The molecule has 2 rings (SSSR count). The standard InChI is InChI=1S/C11H14N2S/c1-7-4-5-8(2)11-10(7)13-9(14-11)6-12-3/h4-5,12H,6H2,1-3H3. The van der Waals surface area contributed by atoms with Crippen LogP contribution in [0.4, 0.5) is 0 Å². The van der Waals surface area contributed by atoms with E-state index in [4.69, 9.17) is 0 Å². The zero-order valence-corrected chi connectivity index (χ0v) is 9.53. The first-order valence-corrected chi connectivity index (χ1v) is 5.54. The number of rotatable bonds is 2. The fourth-order valence-electron chi connectivity index (χ4n) is 1.53. The Labute approximate surface area is 88.0 Å². The zero-order valence-electron chi connectivity index (χ0n) is 8.72. The number of benzene rings is 1. The van der Waals surface area contributed by atoms with Gasteiger partial charge in [-0.3, -0.25) is 0 Å². The van der Waals surface area contributed by atoms with E-state index in [0.717, 1.165) is 6.54 Å². The smallest absolute Gasteiger partial charge is 0.108 e. The molecule has 0 saturated carbocycles. The SMILES string of the molecule is CNCc1nc2c(C)ccc(C)c2s1. The van der Waals surface area contributed by atoms with Gasteiger partial charge in [0.2, 0.25) is 0 Å². The van der Waals surface area contributed by atoms with Gasteiger partial charge in [0.1, 0.15) is 5.01 Å². The van der Waals surface area contributed by atoms with E-state index in [1.165, 1.54) is 26.4 Å². The molecule has 1 heterocycles. The van der Waals surface area contributed by atoms with Crippen LogP contribution in [-0.2, 0) is 6.54 Å². The Bertz CT molecular complexity index is 421. The lowest BCUT2D eigenvalue weighted by atomic mass is 10.1. The van der Waals surface area contributed by atoms with Crippen molar-refractivity contribution >= 4 is 21.6 Å². The molecule has 0 amide bonds. The fraction of sp³-hybridized carbons (Fsp3) is 0.364. The Morgan fingerprint density at radius 1 is 1.29 bits per heavy atom. The van der Waals surface area contributed by atoms with E-state index in [1.54, 1.807) is 11.3 Å². The highest BCUT2D eigenvalue weighted by Gasteiger charge is 2.07. The lowest BCUT2D eigenvalue weighted by Crippen LogP contribution is -2.03. The maximum Gasteiger partial charge on any atom is 0.108 e. The number of fused-ring (bicyclic) bond motifs is 1. The Morgan fingerprint density at radius 2 is 2.00 bits per heavy atom. The maximum atomic E-state index is 4.62. The Hall–Kier alpha value is -0.930.